The fraction of sp³-hybridized carbons (Fsp3) is 0.686. The molecule has 1 aromatic heterocycles. The molecular formula is C51H85N3O16P2. The highest BCUT2D eigenvalue weighted by Gasteiger charge is 2.46. The second-order valence-corrected chi connectivity index (χ2v) is 21.4. The average Bonchev–Trinajstić information content (AvgIpc) is 3.60. The molecule has 0 bridgehead atoms. The Morgan fingerprint density at radius 3 is 2.03 bits per heavy atom. The van der Waals surface area contributed by atoms with Crippen LogP contribution < -0.4 is 11.4 Å². The third kappa shape index (κ3) is 31.2. The van der Waals surface area contributed by atoms with Crippen molar-refractivity contribution in [3.05, 3.63) is 83.5 Å². The number of nitrogens with two attached hydrogens (primary N) is 1. The van der Waals surface area contributed by atoms with Crippen molar-refractivity contribution in [2.45, 2.75) is 199 Å². The number of ether oxygens (including phenoxy) is 3. The Balaban J connectivity index is 1.84. The first kappa shape index (κ1) is 64.5. The van der Waals surface area contributed by atoms with Crippen molar-refractivity contribution in [3.8, 4) is 0 Å². The number of esters is 2. The average molecular weight is 1060 g/mol. The summed E-state index contributed by atoms with van der Waals surface area (Å²) in [4.78, 5) is 61.9. The predicted molar refractivity (Wildman–Crippen MR) is 276 cm³/mol. The Hall–Kier alpha value is -3.58. The number of hydrogen-bond donors (Lipinski definition) is 6. The Morgan fingerprint density at radius 2 is 1.38 bits per heavy atom. The summed E-state index contributed by atoms with van der Waals surface area (Å²) < 4.78 is 56.7. The molecule has 72 heavy (non-hydrogen) atoms. The van der Waals surface area contributed by atoms with Crippen molar-refractivity contribution < 1.29 is 71.4 Å². The van der Waals surface area contributed by atoms with Gasteiger partial charge >= 0.3 is 33.3 Å². The first-order valence-corrected chi connectivity index (χ1v) is 28.8. The molecule has 8 atom stereocenters. The summed E-state index contributed by atoms with van der Waals surface area (Å²) in [5, 5.41) is 31.0. The van der Waals surface area contributed by atoms with Gasteiger partial charge in [0, 0.05) is 19.0 Å². The molecular weight excluding hydrogens is 973 g/mol. The summed E-state index contributed by atoms with van der Waals surface area (Å²) in [6, 6.07) is 1.24. The van der Waals surface area contributed by atoms with Crippen LogP contribution in [-0.4, -0.2) is 96.9 Å². The molecule has 1 saturated heterocycles. The van der Waals surface area contributed by atoms with Gasteiger partial charge in [0.15, 0.2) is 12.3 Å². The smallest absolute Gasteiger partial charge is 0.462 e. The molecule has 410 valence electrons. The van der Waals surface area contributed by atoms with Crippen LogP contribution in [0.4, 0.5) is 5.82 Å². The molecule has 3 unspecified atom stereocenters. The van der Waals surface area contributed by atoms with Gasteiger partial charge in [-0.1, -0.05) is 165 Å². The van der Waals surface area contributed by atoms with E-state index >= 15 is 0 Å². The molecule has 0 spiro atoms. The largest absolute Gasteiger partial charge is 0.481 e. The van der Waals surface area contributed by atoms with E-state index in [2.05, 4.69) is 42.2 Å². The molecule has 0 amide bonds. The van der Waals surface area contributed by atoms with Crippen LogP contribution in [-0.2, 0) is 46.3 Å². The lowest BCUT2D eigenvalue weighted by Crippen LogP contribution is -2.36. The van der Waals surface area contributed by atoms with Crippen molar-refractivity contribution in [2.24, 2.45) is 5.92 Å². The van der Waals surface area contributed by atoms with Crippen molar-refractivity contribution in [1.29, 1.82) is 0 Å². The standard InChI is InChI=1S/C51H85N3O16P2/c1-4-5-6-7-22-27-32-42(55)33-28-23-18-15-16-20-25-30-35-47(57)68-43(38-65-46(56)34-29-24-19-14-12-10-8-9-11-13-17-21-26-31-41(2)3)39-66-71(61,62)70-72(63,64)67-40-44-48(58)49(59)50(69-44)54-37-36-45(52)53-51(54)60/h5-6,16,18,20,22-23,27-28,33,36-37,41-44,48-50,55,58-59H,4,7-15,17,19,21,24-26,29-32,34-35,38-40H2,1-3H3,(H,61,62)(H,63,64)(H2,52,53,60)/b6-5-,20-16-,23-18-,27-22-,33-28+/t42?,43-,44-,48-,49-,50-/m1/s1. The minimum atomic E-state index is -5.45. The summed E-state index contributed by atoms with van der Waals surface area (Å²) in [5.74, 6) is -0.629. The van der Waals surface area contributed by atoms with E-state index in [0.717, 1.165) is 55.2 Å². The van der Waals surface area contributed by atoms with Gasteiger partial charge in [0.2, 0.25) is 0 Å². The van der Waals surface area contributed by atoms with Gasteiger partial charge in [-0.05, 0) is 56.9 Å². The van der Waals surface area contributed by atoms with Crippen LogP contribution in [0.2, 0.25) is 0 Å². The van der Waals surface area contributed by atoms with E-state index in [4.69, 9.17) is 29.0 Å². The van der Waals surface area contributed by atoms with Crippen LogP contribution in [0, 0.1) is 5.92 Å². The fourth-order valence-electron chi connectivity index (χ4n) is 7.38. The Bertz CT molecular complexity index is 1970. The number of carbonyl (C=O) groups excluding carboxylic acids is 2. The molecule has 21 heteroatoms. The summed E-state index contributed by atoms with van der Waals surface area (Å²) in [6.07, 6.45) is 32.0. The molecule has 1 aliphatic heterocycles. The van der Waals surface area contributed by atoms with Gasteiger partial charge < -0.3 is 45.1 Å². The topological polar surface area (TPSA) is 286 Å². The number of aliphatic hydroxyl groups is 3. The number of rotatable bonds is 41. The van der Waals surface area contributed by atoms with Crippen molar-refractivity contribution >= 4 is 33.4 Å². The molecule has 0 aliphatic carbocycles. The third-order valence-corrected chi connectivity index (χ3v) is 14.0. The number of aromatic nitrogens is 2. The molecule has 19 nitrogen and oxygen atoms in total. The van der Waals surface area contributed by atoms with Gasteiger partial charge in [-0.25, -0.2) is 13.9 Å². The van der Waals surface area contributed by atoms with E-state index in [1.54, 1.807) is 12.2 Å². The molecule has 1 aliphatic rings. The lowest BCUT2D eigenvalue weighted by molar-refractivity contribution is -0.161. The lowest BCUT2D eigenvalue weighted by atomic mass is 10.0. The monoisotopic (exact) mass is 1060 g/mol. The highest BCUT2D eigenvalue weighted by molar-refractivity contribution is 7.61. The van der Waals surface area contributed by atoms with Gasteiger partial charge in [-0.15, -0.1) is 0 Å². The minimum absolute atomic E-state index is 0.0613. The first-order valence-electron chi connectivity index (χ1n) is 25.8. The number of phosphoric acid groups is 2. The zero-order valence-electron chi connectivity index (χ0n) is 42.7. The normalized spacial score (nSPS) is 20.1. The number of allylic oxidation sites excluding steroid dienone is 8. The number of carbonyl (C=O) groups is 2. The van der Waals surface area contributed by atoms with Crippen LogP contribution in [0.3, 0.4) is 0 Å². The van der Waals surface area contributed by atoms with Gasteiger partial charge in [0.25, 0.3) is 0 Å². The quantitative estimate of drug-likeness (QED) is 0.0117. The Kier molecular flexibility index (Phi) is 34.1. The molecule has 1 fully saturated rings. The number of nitrogens with zero attached hydrogens (tertiary/aromatic N) is 2. The minimum Gasteiger partial charge on any atom is -0.462 e. The highest BCUT2D eigenvalue weighted by atomic mass is 31.3. The van der Waals surface area contributed by atoms with Gasteiger partial charge in [0.05, 0.1) is 19.3 Å². The van der Waals surface area contributed by atoms with Crippen LogP contribution in [0.5, 0.6) is 0 Å². The maximum Gasteiger partial charge on any atom is 0.481 e. The number of aliphatic hydroxyl groups excluding tert-OH is 3. The van der Waals surface area contributed by atoms with Crippen LogP contribution in [0.15, 0.2) is 77.8 Å². The second kappa shape index (κ2) is 38.0. The maximum atomic E-state index is 12.9. The van der Waals surface area contributed by atoms with Gasteiger partial charge in [0.1, 0.15) is 30.7 Å². The highest BCUT2D eigenvalue weighted by Crippen LogP contribution is 2.60. The van der Waals surface area contributed by atoms with Gasteiger partial charge in [-0.3, -0.25) is 23.2 Å². The van der Waals surface area contributed by atoms with E-state index in [1.807, 2.05) is 36.5 Å². The number of nitrogen functional groups attached to an aromatic ring is 1. The van der Waals surface area contributed by atoms with E-state index < -0.39 is 89.8 Å². The first-order chi connectivity index (χ1) is 34.4. The molecule has 2 heterocycles. The lowest BCUT2D eigenvalue weighted by Gasteiger charge is -2.21. The molecule has 0 aromatic carbocycles. The van der Waals surface area contributed by atoms with E-state index in [1.165, 1.54) is 63.9 Å². The fourth-order valence-corrected chi connectivity index (χ4v) is 9.49. The van der Waals surface area contributed by atoms with Crippen LogP contribution >= 0.6 is 15.6 Å². The molecule has 0 saturated carbocycles. The zero-order valence-corrected chi connectivity index (χ0v) is 44.5. The van der Waals surface area contributed by atoms with Gasteiger partial charge in [-0.2, -0.15) is 9.29 Å². The molecule has 7 N–H and O–H groups in total. The van der Waals surface area contributed by atoms with Crippen molar-refractivity contribution in [1.82, 2.24) is 9.55 Å². The zero-order chi connectivity index (χ0) is 53.0. The molecule has 2 rings (SSSR count). The van der Waals surface area contributed by atoms with E-state index in [9.17, 15) is 48.6 Å². The Morgan fingerprint density at radius 1 is 0.778 bits per heavy atom. The van der Waals surface area contributed by atoms with Crippen LogP contribution in [0.25, 0.3) is 0 Å². The molecule has 0 radical (unpaired) electrons. The number of hydrogen-bond acceptors (Lipinski definition) is 16. The molecule has 1 aromatic rings. The van der Waals surface area contributed by atoms with Crippen molar-refractivity contribution in [2.75, 3.05) is 25.6 Å². The summed E-state index contributed by atoms with van der Waals surface area (Å²) in [5.41, 5.74) is 4.58. The number of anilines is 1. The predicted octanol–water partition coefficient (Wildman–Crippen LogP) is 9.55. The Labute approximate surface area is 426 Å². The second-order valence-electron chi connectivity index (χ2n) is 18.3. The van der Waals surface area contributed by atoms with Crippen molar-refractivity contribution in [3.63, 3.8) is 0 Å². The maximum absolute atomic E-state index is 12.9. The van der Waals surface area contributed by atoms with E-state index in [-0.39, 0.29) is 18.7 Å². The summed E-state index contributed by atoms with van der Waals surface area (Å²) >= 11 is 0. The number of unbranched alkanes of at least 4 members (excludes halogenated alkanes) is 13. The number of phosphoric ester groups is 2. The SMILES string of the molecule is CC/C=C\C/C=C\CC(O)/C=C/C=C\C/C=C\CCCC(=O)O[C@H](COC(=O)CCCCCCCCCCCCCCCC(C)C)COP(=O)(O)OP(=O)(O)OC[C@H]1O[C@@H](n2ccc(N)nc2=O)[C@H](O)[C@@H]1O. The van der Waals surface area contributed by atoms with Crippen LogP contribution in [0.1, 0.15) is 168 Å². The summed E-state index contributed by atoms with van der Waals surface area (Å²) in [6.45, 7) is 4.22. The third-order valence-electron chi connectivity index (χ3n) is 11.4. The summed E-state index contributed by atoms with van der Waals surface area (Å²) in [7, 11) is -10.9. The van der Waals surface area contributed by atoms with E-state index in [0.29, 0.717) is 32.1 Å².